The van der Waals surface area contributed by atoms with Gasteiger partial charge in [0.05, 0.1) is 0 Å². The van der Waals surface area contributed by atoms with Gasteiger partial charge in [0, 0.05) is 12.0 Å². The molecule has 0 aliphatic rings. The molecule has 0 aliphatic carbocycles. The minimum Gasteiger partial charge on any atom is -0.207 e. The quantitative estimate of drug-likeness (QED) is 0.514. The van der Waals surface area contributed by atoms with E-state index in [2.05, 4.69) is 11.8 Å². The van der Waals surface area contributed by atoms with Crippen molar-refractivity contribution in [2.75, 3.05) is 0 Å². The van der Waals surface area contributed by atoms with E-state index in [4.69, 9.17) is 0 Å². The van der Waals surface area contributed by atoms with Crippen molar-refractivity contribution in [3.8, 4) is 11.8 Å². The third-order valence-electron chi connectivity index (χ3n) is 1.59. The molecule has 1 aromatic carbocycles. The van der Waals surface area contributed by atoms with Crippen LogP contribution in [-0.4, -0.2) is 0 Å². The van der Waals surface area contributed by atoms with Crippen LogP contribution in [-0.2, 0) is 0 Å². The summed E-state index contributed by atoms with van der Waals surface area (Å²) in [5.41, 5.74) is 1.81. The van der Waals surface area contributed by atoms with Crippen molar-refractivity contribution in [1.29, 1.82) is 0 Å². The van der Waals surface area contributed by atoms with Crippen molar-refractivity contribution in [3.05, 3.63) is 35.1 Å². The Morgan fingerprint density at radius 2 is 2.17 bits per heavy atom. The van der Waals surface area contributed by atoms with Crippen molar-refractivity contribution < 1.29 is 4.39 Å². The zero-order valence-electron chi connectivity index (χ0n) is 7.32. The van der Waals surface area contributed by atoms with Crippen LogP contribution < -0.4 is 0 Å². The lowest BCUT2D eigenvalue weighted by atomic mass is 10.1. The summed E-state index contributed by atoms with van der Waals surface area (Å²) in [6.45, 7) is 3.86. The van der Waals surface area contributed by atoms with Gasteiger partial charge in [-0.3, -0.25) is 0 Å². The minimum atomic E-state index is -0.199. The van der Waals surface area contributed by atoms with E-state index in [1.54, 1.807) is 6.07 Å². The first-order valence-corrected chi connectivity index (χ1v) is 3.99. The molecule has 1 rings (SSSR count). The molecule has 0 fully saturated rings. The maximum atomic E-state index is 12.6. The van der Waals surface area contributed by atoms with Crippen LogP contribution in [0.2, 0.25) is 0 Å². The molecule has 0 aromatic heterocycles. The Kier molecular flexibility index (Phi) is 2.88. The van der Waals surface area contributed by atoms with E-state index in [9.17, 15) is 4.39 Å². The molecule has 0 nitrogen and oxygen atoms in total. The van der Waals surface area contributed by atoms with Gasteiger partial charge in [-0.05, 0) is 30.7 Å². The van der Waals surface area contributed by atoms with Gasteiger partial charge in [0.25, 0.3) is 0 Å². The molecular weight excluding hydrogens is 151 g/mol. The van der Waals surface area contributed by atoms with Crippen LogP contribution in [0.25, 0.3) is 0 Å². The summed E-state index contributed by atoms with van der Waals surface area (Å²) in [6.07, 6.45) is 0.830. The summed E-state index contributed by atoms with van der Waals surface area (Å²) < 4.78 is 12.6. The van der Waals surface area contributed by atoms with Gasteiger partial charge >= 0.3 is 0 Å². The molecule has 0 saturated heterocycles. The lowest BCUT2D eigenvalue weighted by Gasteiger charge is -1.96. The average molecular weight is 162 g/mol. The Hall–Kier alpha value is -1.29. The largest absolute Gasteiger partial charge is 0.207 e. The van der Waals surface area contributed by atoms with E-state index in [0.717, 1.165) is 17.5 Å². The average Bonchev–Trinajstić information content (AvgIpc) is 2.03. The van der Waals surface area contributed by atoms with Gasteiger partial charge in [-0.1, -0.05) is 18.8 Å². The Bertz CT molecular complexity index is 329. The number of hydrogen-bond acceptors (Lipinski definition) is 0. The fourth-order valence-electron chi connectivity index (χ4n) is 0.951. The Labute approximate surface area is 72.4 Å². The Balaban J connectivity index is 3.01. The molecular formula is C11H11F. The number of hydrogen-bond donors (Lipinski definition) is 0. The van der Waals surface area contributed by atoms with Crippen molar-refractivity contribution in [1.82, 2.24) is 0 Å². The maximum Gasteiger partial charge on any atom is 0.123 e. The molecule has 0 heterocycles. The topological polar surface area (TPSA) is 0 Å². The van der Waals surface area contributed by atoms with Crippen molar-refractivity contribution in [2.24, 2.45) is 0 Å². The summed E-state index contributed by atoms with van der Waals surface area (Å²) >= 11 is 0. The van der Waals surface area contributed by atoms with Crippen LogP contribution in [0.4, 0.5) is 4.39 Å². The van der Waals surface area contributed by atoms with Gasteiger partial charge in [0.2, 0.25) is 0 Å². The lowest BCUT2D eigenvalue weighted by molar-refractivity contribution is 0.626. The first-order valence-electron chi connectivity index (χ1n) is 3.99. The molecule has 0 saturated carbocycles. The normalized spacial score (nSPS) is 8.92. The van der Waals surface area contributed by atoms with Crippen LogP contribution in [0.1, 0.15) is 24.5 Å². The monoisotopic (exact) mass is 162 g/mol. The molecule has 1 aromatic rings. The smallest absolute Gasteiger partial charge is 0.123 e. The van der Waals surface area contributed by atoms with Crippen LogP contribution >= 0.6 is 0 Å². The highest BCUT2D eigenvalue weighted by molar-refractivity contribution is 5.40. The molecule has 0 aliphatic heterocycles. The molecule has 0 bridgehead atoms. The predicted molar refractivity (Wildman–Crippen MR) is 48.3 cm³/mol. The van der Waals surface area contributed by atoms with Gasteiger partial charge in [-0.25, -0.2) is 4.39 Å². The number of halogens is 1. The van der Waals surface area contributed by atoms with E-state index in [1.807, 2.05) is 13.8 Å². The van der Waals surface area contributed by atoms with Crippen LogP contribution in [0.15, 0.2) is 18.2 Å². The zero-order chi connectivity index (χ0) is 8.97. The third kappa shape index (κ3) is 2.10. The first-order chi connectivity index (χ1) is 5.74. The third-order valence-corrected chi connectivity index (χ3v) is 1.59. The van der Waals surface area contributed by atoms with Gasteiger partial charge < -0.3 is 0 Å². The fraction of sp³-hybridized carbons (Fsp3) is 0.273. The van der Waals surface area contributed by atoms with Crippen LogP contribution in [0.5, 0.6) is 0 Å². The highest BCUT2D eigenvalue weighted by Gasteiger charge is 1.95. The van der Waals surface area contributed by atoms with Gasteiger partial charge in [0.15, 0.2) is 0 Å². The fourth-order valence-corrected chi connectivity index (χ4v) is 0.951. The molecule has 12 heavy (non-hydrogen) atoms. The van der Waals surface area contributed by atoms with E-state index in [1.165, 1.54) is 12.1 Å². The first kappa shape index (κ1) is 8.80. The van der Waals surface area contributed by atoms with Gasteiger partial charge in [0.1, 0.15) is 5.82 Å². The molecule has 1 heteroatoms. The summed E-state index contributed by atoms with van der Waals surface area (Å²) in [6, 6.07) is 4.65. The summed E-state index contributed by atoms with van der Waals surface area (Å²) in [5, 5.41) is 0. The summed E-state index contributed by atoms with van der Waals surface area (Å²) in [5.74, 6) is 5.73. The molecule has 0 N–H and O–H groups in total. The van der Waals surface area contributed by atoms with E-state index in [0.29, 0.717) is 0 Å². The summed E-state index contributed by atoms with van der Waals surface area (Å²) in [7, 11) is 0. The van der Waals surface area contributed by atoms with E-state index in [-0.39, 0.29) is 5.82 Å². The highest BCUT2D eigenvalue weighted by Crippen LogP contribution is 2.08. The van der Waals surface area contributed by atoms with Crippen LogP contribution in [0, 0.1) is 24.6 Å². The number of rotatable bonds is 0. The summed E-state index contributed by atoms with van der Waals surface area (Å²) in [4.78, 5) is 0. The Morgan fingerprint density at radius 3 is 2.75 bits per heavy atom. The second kappa shape index (κ2) is 3.92. The van der Waals surface area contributed by atoms with Crippen molar-refractivity contribution in [3.63, 3.8) is 0 Å². The molecule has 0 unspecified atom stereocenters. The Morgan fingerprint density at radius 1 is 1.42 bits per heavy atom. The molecule has 0 atom stereocenters. The van der Waals surface area contributed by atoms with Gasteiger partial charge in [-0.2, -0.15) is 0 Å². The van der Waals surface area contributed by atoms with Crippen molar-refractivity contribution >= 4 is 0 Å². The second-order valence-corrected chi connectivity index (χ2v) is 2.61. The van der Waals surface area contributed by atoms with Gasteiger partial charge in [-0.15, -0.1) is 0 Å². The maximum absolute atomic E-state index is 12.6. The van der Waals surface area contributed by atoms with Crippen molar-refractivity contribution in [2.45, 2.75) is 20.3 Å². The highest BCUT2D eigenvalue weighted by atomic mass is 19.1. The zero-order valence-corrected chi connectivity index (χ0v) is 7.32. The van der Waals surface area contributed by atoms with E-state index < -0.39 is 0 Å². The predicted octanol–water partition coefficient (Wildman–Crippen LogP) is 2.90. The molecule has 0 spiro atoms. The lowest BCUT2D eigenvalue weighted by Crippen LogP contribution is -1.83. The van der Waals surface area contributed by atoms with E-state index >= 15 is 0 Å². The molecule has 0 radical (unpaired) electrons. The minimum absolute atomic E-state index is 0.199. The standard InChI is InChI=1S/C11H11F/c1-3-4-5-10-6-7-11(12)8-9(10)2/h6-8H,3H2,1-2H3. The second-order valence-electron chi connectivity index (χ2n) is 2.61. The number of benzene rings is 1. The molecule has 62 valence electrons. The molecule has 0 amide bonds. The number of aryl methyl sites for hydroxylation is 1. The SMILES string of the molecule is CCC#Cc1ccc(F)cc1C. The van der Waals surface area contributed by atoms with Crippen LogP contribution in [0.3, 0.4) is 0 Å².